The van der Waals surface area contributed by atoms with Crippen LogP contribution in [0.25, 0.3) is 0 Å². The average Bonchev–Trinajstić information content (AvgIpc) is 3.43. The van der Waals surface area contributed by atoms with E-state index in [1.54, 1.807) is 0 Å². The number of sulfonamides is 1. The lowest BCUT2D eigenvalue weighted by Gasteiger charge is -2.36. The molecule has 0 radical (unpaired) electrons. The normalized spacial score (nSPS) is 23.1. The van der Waals surface area contributed by atoms with E-state index in [4.69, 9.17) is 4.74 Å². The molecule has 8 nitrogen and oxygen atoms in total. The topological polar surface area (TPSA) is 113 Å². The lowest BCUT2D eigenvalue weighted by atomic mass is 9.92. The molecule has 1 aromatic carbocycles. The predicted molar refractivity (Wildman–Crippen MR) is 97.2 cm³/mol. The molecule has 1 amide bonds. The highest BCUT2D eigenvalue weighted by Crippen LogP contribution is 2.30. The molecule has 0 spiro atoms. The molecule has 27 heavy (non-hydrogen) atoms. The molecule has 1 saturated carbocycles. The quantitative estimate of drug-likeness (QED) is 0.753. The van der Waals surface area contributed by atoms with Crippen molar-refractivity contribution in [2.75, 3.05) is 13.7 Å². The minimum Gasteiger partial charge on any atom is -0.495 e. The van der Waals surface area contributed by atoms with E-state index in [2.05, 4.69) is 4.72 Å². The first-order valence-electron chi connectivity index (χ1n) is 8.97. The summed E-state index contributed by atoms with van der Waals surface area (Å²) in [4.78, 5) is 25.7. The molecule has 0 aromatic heterocycles. The highest BCUT2D eigenvalue weighted by atomic mass is 32.2. The zero-order valence-electron chi connectivity index (χ0n) is 15.3. The van der Waals surface area contributed by atoms with E-state index in [0.717, 1.165) is 12.8 Å². The lowest BCUT2D eigenvalue weighted by molar-refractivity contribution is -0.144. The van der Waals surface area contributed by atoms with Crippen LogP contribution < -0.4 is 9.46 Å². The van der Waals surface area contributed by atoms with Gasteiger partial charge in [0.25, 0.3) is 5.91 Å². The molecule has 1 aliphatic carbocycles. The van der Waals surface area contributed by atoms with Gasteiger partial charge in [-0.3, -0.25) is 4.79 Å². The second-order valence-electron chi connectivity index (χ2n) is 7.24. The van der Waals surface area contributed by atoms with Crippen LogP contribution in [0.5, 0.6) is 5.75 Å². The number of methoxy groups -OCH3 is 1. The van der Waals surface area contributed by atoms with Crippen molar-refractivity contribution in [3.63, 3.8) is 0 Å². The van der Waals surface area contributed by atoms with E-state index in [9.17, 15) is 23.1 Å². The van der Waals surface area contributed by atoms with Crippen LogP contribution in [-0.2, 0) is 14.8 Å². The van der Waals surface area contributed by atoms with Crippen LogP contribution in [0, 0.1) is 5.92 Å². The fraction of sp³-hybridized carbons (Fsp3) is 0.556. The van der Waals surface area contributed by atoms with Crippen molar-refractivity contribution in [3.05, 3.63) is 23.8 Å². The summed E-state index contributed by atoms with van der Waals surface area (Å²) in [7, 11) is -2.47. The number of nitrogens with one attached hydrogen (secondary N) is 1. The first-order chi connectivity index (χ1) is 12.7. The third-order valence-electron chi connectivity index (χ3n) is 5.01. The van der Waals surface area contributed by atoms with Gasteiger partial charge < -0.3 is 14.7 Å². The Morgan fingerprint density at radius 3 is 2.56 bits per heavy atom. The number of hydrogen-bond acceptors (Lipinski definition) is 5. The Hall–Kier alpha value is -2.13. The van der Waals surface area contributed by atoms with Crippen LogP contribution in [0.1, 0.15) is 43.0 Å². The van der Waals surface area contributed by atoms with Crippen molar-refractivity contribution in [1.82, 2.24) is 9.62 Å². The van der Waals surface area contributed by atoms with Gasteiger partial charge in [-0.05, 0) is 49.8 Å². The molecule has 2 unspecified atom stereocenters. The molecule has 1 aliphatic heterocycles. The lowest BCUT2D eigenvalue weighted by Crippen LogP contribution is -2.49. The second-order valence-corrected chi connectivity index (χ2v) is 8.93. The summed E-state index contributed by atoms with van der Waals surface area (Å²) >= 11 is 0. The number of benzene rings is 1. The standard InChI is InChI=1S/C18H24N2O6S/c1-11-7-8-20(14(9-11)18(22)23)17(21)12-3-6-15(26-2)16(10-12)27(24,25)19-13-4-5-13/h3,6,10-11,13-14,19H,4-5,7-9H2,1-2H3,(H,22,23). The number of carbonyl (C=O) groups is 2. The van der Waals surface area contributed by atoms with E-state index in [1.807, 2.05) is 6.92 Å². The number of carboxylic acids is 1. The molecule has 3 rings (SSSR count). The molecular formula is C18H24N2O6S. The zero-order chi connectivity index (χ0) is 19.8. The molecule has 2 N–H and O–H groups in total. The van der Waals surface area contributed by atoms with E-state index < -0.39 is 27.9 Å². The van der Waals surface area contributed by atoms with Crippen LogP contribution in [0.4, 0.5) is 0 Å². The predicted octanol–water partition coefficient (Wildman–Crippen LogP) is 1.46. The molecule has 1 heterocycles. The van der Waals surface area contributed by atoms with Gasteiger partial charge in [-0.1, -0.05) is 6.92 Å². The van der Waals surface area contributed by atoms with Crippen LogP contribution in [0.15, 0.2) is 23.1 Å². The van der Waals surface area contributed by atoms with Crippen molar-refractivity contribution in [3.8, 4) is 5.75 Å². The first kappa shape index (κ1) is 19.6. The summed E-state index contributed by atoms with van der Waals surface area (Å²) in [6, 6.07) is 3.17. The monoisotopic (exact) mass is 396 g/mol. The van der Waals surface area contributed by atoms with E-state index >= 15 is 0 Å². The SMILES string of the molecule is COc1ccc(C(=O)N2CCC(C)CC2C(=O)O)cc1S(=O)(=O)NC1CC1. The first-order valence-corrected chi connectivity index (χ1v) is 10.5. The smallest absolute Gasteiger partial charge is 0.326 e. The Bertz CT molecular complexity index is 849. The molecule has 2 aliphatic rings. The Morgan fingerprint density at radius 1 is 1.26 bits per heavy atom. The Morgan fingerprint density at radius 2 is 1.96 bits per heavy atom. The molecule has 9 heteroatoms. The third-order valence-corrected chi connectivity index (χ3v) is 6.55. The highest BCUT2D eigenvalue weighted by molar-refractivity contribution is 7.89. The number of ether oxygens (including phenoxy) is 1. The number of carbonyl (C=O) groups excluding carboxylic acids is 1. The number of likely N-dealkylation sites (tertiary alicyclic amines) is 1. The van der Waals surface area contributed by atoms with Gasteiger partial charge in [-0.15, -0.1) is 0 Å². The summed E-state index contributed by atoms with van der Waals surface area (Å²) in [5, 5.41) is 9.47. The molecule has 2 atom stereocenters. The zero-order valence-corrected chi connectivity index (χ0v) is 16.2. The van der Waals surface area contributed by atoms with Gasteiger partial charge in [0.2, 0.25) is 10.0 Å². The largest absolute Gasteiger partial charge is 0.495 e. The second kappa shape index (κ2) is 7.47. The maximum atomic E-state index is 12.9. The third kappa shape index (κ3) is 4.24. The van der Waals surface area contributed by atoms with Gasteiger partial charge >= 0.3 is 5.97 Å². The van der Waals surface area contributed by atoms with Crippen LogP contribution in [-0.4, -0.2) is 56.0 Å². The van der Waals surface area contributed by atoms with Gasteiger partial charge in [-0.25, -0.2) is 17.9 Å². The molecule has 1 aromatic rings. The average molecular weight is 396 g/mol. The number of aliphatic carboxylic acids is 1. The van der Waals surface area contributed by atoms with Crippen molar-refractivity contribution in [1.29, 1.82) is 0 Å². The van der Waals surface area contributed by atoms with E-state index in [0.29, 0.717) is 19.4 Å². The van der Waals surface area contributed by atoms with E-state index in [1.165, 1.54) is 30.2 Å². The highest BCUT2D eigenvalue weighted by Gasteiger charge is 2.36. The van der Waals surface area contributed by atoms with Crippen LogP contribution in [0.3, 0.4) is 0 Å². The molecule has 0 bridgehead atoms. The van der Waals surface area contributed by atoms with Gasteiger partial charge in [0.05, 0.1) is 7.11 Å². The van der Waals surface area contributed by atoms with Crippen molar-refractivity contribution >= 4 is 21.9 Å². The number of carboxylic acid groups (broad SMARTS) is 1. The summed E-state index contributed by atoms with van der Waals surface area (Å²) in [6.45, 7) is 2.28. The van der Waals surface area contributed by atoms with Crippen LogP contribution in [0.2, 0.25) is 0 Å². The summed E-state index contributed by atoms with van der Waals surface area (Å²) in [6.07, 6.45) is 2.66. The van der Waals surface area contributed by atoms with Crippen LogP contribution >= 0.6 is 0 Å². The fourth-order valence-electron chi connectivity index (χ4n) is 3.29. The number of piperidine rings is 1. The Balaban J connectivity index is 1.93. The van der Waals surface area contributed by atoms with Gasteiger partial charge in [-0.2, -0.15) is 0 Å². The summed E-state index contributed by atoms with van der Waals surface area (Å²) in [5.41, 5.74) is 0.132. The number of hydrogen-bond donors (Lipinski definition) is 2. The summed E-state index contributed by atoms with van der Waals surface area (Å²) < 4.78 is 33.0. The number of nitrogens with zero attached hydrogens (tertiary/aromatic N) is 1. The molecule has 2 fully saturated rings. The maximum absolute atomic E-state index is 12.9. The van der Waals surface area contributed by atoms with Crippen molar-refractivity contribution in [2.45, 2.75) is 49.6 Å². The van der Waals surface area contributed by atoms with E-state index in [-0.39, 0.29) is 28.2 Å². The Kier molecular flexibility index (Phi) is 5.43. The fourth-order valence-corrected chi connectivity index (χ4v) is 4.79. The molecular weight excluding hydrogens is 372 g/mol. The maximum Gasteiger partial charge on any atom is 0.326 e. The minimum absolute atomic E-state index is 0.0842. The van der Waals surface area contributed by atoms with Crippen molar-refractivity contribution < 1.29 is 27.9 Å². The van der Waals surface area contributed by atoms with Gasteiger partial charge in [0.1, 0.15) is 16.7 Å². The van der Waals surface area contributed by atoms with Crippen molar-refractivity contribution in [2.24, 2.45) is 5.92 Å². The number of rotatable bonds is 6. The summed E-state index contributed by atoms with van der Waals surface area (Å²) in [5.74, 6) is -1.18. The number of amides is 1. The van der Waals surface area contributed by atoms with Gasteiger partial charge in [0, 0.05) is 18.2 Å². The Labute approximate surface area is 158 Å². The minimum atomic E-state index is -3.83. The molecule has 1 saturated heterocycles. The van der Waals surface area contributed by atoms with Gasteiger partial charge in [0.15, 0.2) is 0 Å². The molecule has 148 valence electrons.